The predicted octanol–water partition coefficient (Wildman–Crippen LogP) is 3.83. The molecule has 2 rings (SSSR count). The molecular weight excluding hydrogens is 258 g/mol. The summed E-state index contributed by atoms with van der Waals surface area (Å²) in [4.78, 5) is 5.23. The number of rotatable bonds is 5. The number of aliphatic hydroxyl groups is 1. The Kier molecular flexibility index (Phi) is 4.22. The Balaban J connectivity index is 2.16. The molecule has 0 bridgehead atoms. The van der Waals surface area contributed by atoms with E-state index in [0.717, 1.165) is 34.2 Å². The largest absolute Gasteiger partial charge is 0.494 e. The number of aromatic nitrogens is 1. The quantitative estimate of drug-likeness (QED) is 0.903. The smallest absolute Gasteiger partial charge is 0.123 e. The van der Waals surface area contributed by atoms with E-state index in [1.54, 1.807) is 20.0 Å². The fourth-order valence-electron chi connectivity index (χ4n) is 1.60. The summed E-state index contributed by atoms with van der Waals surface area (Å²) in [5, 5.41) is 10.9. The molecule has 102 valence electrons. The molecule has 0 amide bonds. The van der Waals surface area contributed by atoms with Crippen LogP contribution in [0.2, 0.25) is 0 Å². The van der Waals surface area contributed by atoms with Gasteiger partial charge in [-0.2, -0.15) is 0 Å². The van der Waals surface area contributed by atoms with Crippen LogP contribution in [0.1, 0.15) is 32.1 Å². The third-order valence-electron chi connectivity index (χ3n) is 2.68. The van der Waals surface area contributed by atoms with Crippen LogP contribution < -0.4 is 4.74 Å². The summed E-state index contributed by atoms with van der Waals surface area (Å²) >= 11 is 1.51. The SMILES string of the molecule is CCCOc1ccc(-c2ncc(C(C)(C)O)s2)cc1. The highest BCUT2D eigenvalue weighted by Gasteiger charge is 2.19. The summed E-state index contributed by atoms with van der Waals surface area (Å²) in [5.74, 6) is 0.880. The van der Waals surface area contributed by atoms with E-state index in [1.807, 2.05) is 24.3 Å². The van der Waals surface area contributed by atoms with E-state index in [2.05, 4.69) is 11.9 Å². The maximum Gasteiger partial charge on any atom is 0.123 e. The molecule has 0 saturated heterocycles. The summed E-state index contributed by atoms with van der Waals surface area (Å²) in [5.41, 5.74) is 0.212. The topological polar surface area (TPSA) is 42.4 Å². The van der Waals surface area contributed by atoms with Crippen molar-refractivity contribution in [2.24, 2.45) is 0 Å². The molecule has 0 saturated carbocycles. The maximum absolute atomic E-state index is 9.94. The lowest BCUT2D eigenvalue weighted by Gasteiger charge is -2.13. The second-order valence-corrected chi connectivity index (χ2v) is 5.99. The van der Waals surface area contributed by atoms with Crippen molar-refractivity contribution in [3.05, 3.63) is 35.3 Å². The first-order valence-corrected chi connectivity index (χ1v) is 7.24. The molecule has 1 aromatic heterocycles. The third-order valence-corrected chi connectivity index (χ3v) is 4.04. The van der Waals surface area contributed by atoms with Gasteiger partial charge in [-0.05, 0) is 44.5 Å². The van der Waals surface area contributed by atoms with Crippen molar-refractivity contribution < 1.29 is 9.84 Å². The first kappa shape index (κ1) is 14.0. The van der Waals surface area contributed by atoms with Gasteiger partial charge < -0.3 is 9.84 Å². The van der Waals surface area contributed by atoms with Crippen molar-refractivity contribution in [3.8, 4) is 16.3 Å². The molecule has 1 N–H and O–H groups in total. The number of ether oxygens (including phenoxy) is 1. The highest BCUT2D eigenvalue weighted by molar-refractivity contribution is 7.15. The number of nitrogens with zero attached hydrogens (tertiary/aromatic N) is 1. The van der Waals surface area contributed by atoms with Gasteiger partial charge in [0.1, 0.15) is 10.8 Å². The summed E-state index contributed by atoms with van der Waals surface area (Å²) in [6.07, 6.45) is 2.74. The highest BCUT2D eigenvalue weighted by Crippen LogP contribution is 2.32. The van der Waals surface area contributed by atoms with E-state index in [0.29, 0.717) is 0 Å². The van der Waals surface area contributed by atoms with Gasteiger partial charge in [-0.15, -0.1) is 11.3 Å². The van der Waals surface area contributed by atoms with Crippen molar-refractivity contribution in [1.29, 1.82) is 0 Å². The Morgan fingerprint density at radius 1 is 1.26 bits per heavy atom. The van der Waals surface area contributed by atoms with Crippen LogP contribution in [0.25, 0.3) is 10.6 Å². The van der Waals surface area contributed by atoms with Crippen LogP contribution in [0, 0.1) is 0 Å². The molecule has 19 heavy (non-hydrogen) atoms. The summed E-state index contributed by atoms with van der Waals surface area (Å²) in [7, 11) is 0. The molecule has 0 radical (unpaired) electrons. The lowest BCUT2D eigenvalue weighted by molar-refractivity contribution is 0.0823. The molecular formula is C15H19NO2S. The van der Waals surface area contributed by atoms with Crippen molar-refractivity contribution in [3.63, 3.8) is 0 Å². The average molecular weight is 277 g/mol. The van der Waals surface area contributed by atoms with Crippen LogP contribution >= 0.6 is 11.3 Å². The highest BCUT2D eigenvalue weighted by atomic mass is 32.1. The molecule has 0 fully saturated rings. The minimum atomic E-state index is -0.833. The second kappa shape index (κ2) is 5.72. The fraction of sp³-hybridized carbons (Fsp3) is 0.400. The van der Waals surface area contributed by atoms with E-state index < -0.39 is 5.60 Å². The van der Waals surface area contributed by atoms with E-state index in [4.69, 9.17) is 4.74 Å². The van der Waals surface area contributed by atoms with E-state index in [-0.39, 0.29) is 0 Å². The van der Waals surface area contributed by atoms with E-state index in [1.165, 1.54) is 11.3 Å². The van der Waals surface area contributed by atoms with Gasteiger partial charge in [0.2, 0.25) is 0 Å². The molecule has 0 atom stereocenters. The van der Waals surface area contributed by atoms with Gasteiger partial charge in [-0.25, -0.2) is 4.98 Å². The number of benzene rings is 1. The molecule has 1 heterocycles. The summed E-state index contributed by atoms with van der Waals surface area (Å²) in [6, 6.07) is 7.91. The van der Waals surface area contributed by atoms with Crippen LogP contribution in [-0.2, 0) is 5.60 Å². The first-order chi connectivity index (χ1) is 9.00. The Morgan fingerprint density at radius 3 is 2.47 bits per heavy atom. The number of thiazole rings is 1. The first-order valence-electron chi connectivity index (χ1n) is 6.42. The van der Waals surface area contributed by atoms with Gasteiger partial charge in [0.05, 0.1) is 17.1 Å². The fourth-order valence-corrected chi connectivity index (χ4v) is 2.53. The average Bonchev–Trinajstić information content (AvgIpc) is 2.86. The Morgan fingerprint density at radius 2 is 1.95 bits per heavy atom. The van der Waals surface area contributed by atoms with Gasteiger partial charge in [0.15, 0.2) is 0 Å². The Hall–Kier alpha value is -1.39. The van der Waals surface area contributed by atoms with Crippen LogP contribution in [-0.4, -0.2) is 16.7 Å². The van der Waals surface area contributed by atoms with Gasteiger partial charge in [0.25, 0.3) is 0 Å². The summed E-state index contributed by atoms with van der Waals surface area (Å²) in [6.45, 7) is 6.36. The zero-order valence-corrected chi connectivity index (χ0v) is 12.3. The molecule has 0 aliphatic rings. The van der Waals surface area contributed by atoms with Gasteiger partial charge in [0, 0.05) is 11.8 Å². The lowest BCUT2D eigenvalue weighted by atomic mass is 10.1. The van der Waals surface area contributed by atoms with E-state index >= 15 is 0 Å². The van der Waals surface area contributed by atoms with Crippen molar-refractivity contribution in [2.75, 3.05) is 6.61 Å². The lowest BCUT2D eigenvalue weighted by Crippen LogP contribution is -2.12. The zero-order valence-electron chi connectivity index (χ0n) is 11.5. The van der Waals surface area contributed by atoms with Gasteiger partial charge in [-0.1, -0.05) is 6.92 Å². The normalized spacial score (nSPS) is 11.6. The van der Waals surface area contributed by atoms with Crippen LogP contribution in [0.15, 0.2) is 30.5 Å². The number of hydrogen-bond acceptors (Lipinski definition) is 4. The standard InChI is InChI=1S/C15H19NO2S/c1-4-9-18-12-7-5-11(6-8-12)14-16-10-13(19-14)15(2,3)17/h5-8,10,17H,4,9H2,1-3H3. The second-order valence-electron chi connectivity index (χ2n) is 4.96. The van der Waals surface area contributed by atoms with Gasteiger partial charge in [-0.3, -0.25) is 0 Å². The molecule has 1 aromatic carbocycles. The molecule has 2 aromatic rings. The van der Waals surface area contributed by atoms with Gasteiger partial charge >= 0.3 is 0 Å². The minimum Gasteiger partial charge on any atom is -0.494 e. The third kappa shape index (κ3) is 3.55. The zero-order chi connectivity index (χ0) is 13.9. The van der Waals surface area contributed by atoms with E-state index in [9.17, 15) is 5.11 Å². The summed E-state index contributed by atoms with van der Waals surface area (Å²) < 4.78 is 5.55. The Bertz CT molecular complexity index is 526. The Labute approximate surface area is 117 Å². The number of hydrogen-bond donors (Lipinski definition) is 1. The van der Waals surface area contributed by atoms with Crippen LogP contribution in [0.3, 0.4) is 0 Å². The van der Waals surface area contributed by atoms with Crippen LogP contribution in [0.4, 0.5) is 0 Å². The minimum absolute atomic E-state index is 0.736. The van der Waals surface area contributed by atoms with Crippen LogP contribution in [0.5, 0.6) is 5.75 Å². The molecule has 4 heteroatoms. The molecule has 0 aliphatic carbocycles. The molecule has 0 spiro atoms. The molecule has 0 unspecified atom stereocenters. The molecule has 3 nitrogen and oxygen atoms in total. The monoisotopic (exact) mass is 277 g/mol. The maximum atomic E-state index is 9.94. The van der Waals surface area contributed by atoms with Crippen molar-refractivity contribution >= 4 is 11.3 Å². The van der Waals surface area contributed by atoms with Crippen molar-refractivity contribution in [1.82, 2.24) is 4.98 Å². The van der Waals surface area contributed by atoms with Crippen molar-refractivity contribution in [2.45, 2.75) is 32.8 Å². The predicted molar refractivity (Wildman–Crippen MR) is 78.6 cm³/mol. The molecule has 0 aliphatic heterocycles.